The van der Waals surface area contributed by atoms with E-state index in [9.17, 15) is 4.79 Å². The van der Waals surface area contributed by atoms with Gasteiger partial charge in [0.05, 0.1) is 10.3 Å². The molecular weight excluding hydrogens is 254 g/mol. The van der Waals surface area contributed by atoms with Gasteiger partial charge in [-0.2, -0.15) is 5.26 Å². The Kier molecular flexibility index (Phi) is 9.02. The van der Waals surface area contributed by atoms with Gasteiger partial charge in [0.15, 0.2) is 0 Å². The summed E-state index contributed by atoms with van der Waals surface area (Å²) < 4.78 is 0.649. The van der Waals surface area contributed by atoms with Gasteiger partial charge >= 0.3 is 5.97 Å². The van der Waals surface area contributed by atoms with Crippen molar-refractivity contribution < 1.29 is 9.90 Å². The van der Waals surface area contributed by atoms with Gasteiger partial charge in [-0.3, -0.25) is 4.79 Å². The van der Waals surface area contributed by atoms with Crippen LogP contribution >= 0.6 is 24.8 Å². The molecule has 1 N–H and O–H groups in total. The fourth-order valence-electron chi connectivity index (χ4n) is 0.899. The van der Waals surface area contributed by atoms with E-state index in [-0.39, 0.29) is 6.42 Å². The van der Waals surface area contributed by atoms with Gasteiger partial charge in [-0.05, 0) is 12.0 Å². The summed E-state index contributed by atoms with van der Waals surface area (Å²) in [4.78, 5) is 9.76. The molecule has 0 aliphatic rings. The van der Waals surface area contributed by atoms with Crippen molar-refractivity contribution in [3.8, 4) is 6.07 Å². The molecule has 17 heavy (non-hydrogen) atoms. The molecule has 1 aromatic carbocycles. The highest BCUT2D eigenvalue weighted by Crippen LogP contribution is 2.02. The Morgan fingerprint density at radius 3 is 2.35 bits per heavy atom. The van der Waals surface area contributed by atoms with Crippen LogP contribution in [0.3, 0.4) is 0 Å². The Hall–Kier alpha value is -1.38. The fraction of sp³-hybridized carbons (Fsp3) is 0.250. The Morgan fingerprint density at radius 2 is 2.00 bits per heavy atom. The van der Waals surface area contributed by atoms with Gasteiger partial charge in [0.2, 0.25) is 0 Å². The van der Waals surface area contributed by atoms with Crippen LogP contribution < -0.4 is 0 Å². The summed E-state index contributed by atoms with van der Waals surface area (Å²) in [6.07, 6.45) is 0.908. The summed E-state index contributed by atoms with van der Waals surface area (Å²) >= 11 is 8.85. The fourth-order valence-corrected chi connectivity index (χ4v) is 1.18. The van der Waals surface area contributed by atoms with Gasteiger partial charge in [0, 0.05) is 12.8 Å². The van der Waals surface area contributed by atoms with Crippen LogP contribution in [0.1, 0.15) is 24.8 Å². The van der Waals surface area contributed by atoms with Crippen molar-refractivity contribution in [2.45, 2.75) is 19.3 Å². The van der Waals surface area contributed by atoms with Crippen molar-refractivity contribution in [1.82, 2.24) is 0 Å². The first-order chi connectivity index (χ1) is 8.07. The molecule has 0 aliphatic carbocycles. The number of hydrogen-bond donors (Lipinski definition) is 2. The normalized spacial score (nSPS) is 8.47. The average molecular weight is 267 g/mol. The lowest BCUT2D eigenvalue weighted by Gasteiger charge is -1.91. The van der Waals surface area contributed by atoms with Crippen molar-refractivity contribution in [3.05, 3.63) is 35.9 Å². The maximum atomic E-state index is 9.76. The number of carbonyl (C=O) groups is 1. The van der Waals surface area contributed by atoms with Crippen LogP contribution in [0.5, 0.6) is 0 Å². The third-order valence-electron chi connectivity index (χ3n) is 1.70. The van der Waals surface area contributed by atoms with Gasteiger partial charge in [-0.25, -0.2) is 0 Å². The Bertz CT molecular complexity index is 399. The van der Waals surface area contributed by atoms with Gasteiger partial charge in [-0.1, -0.05) is 42.5 Å². The van der Waals surface area contributed by atoms with E-state index in [0.29, 0.717) is 17.0 Å². The van der Waals surface area contributed by atoms with Gasteiger partial charge in [0.25, 0.3) is 0 Å². The number of hydrogen-bond acceptors (Lipinski definition) is 3. The minimum Gasteiger partial charge on any atom is -0.481 e. The predicted octanol–water partition coefficient (Wildman–Crippen LogP) is 3.06. The van der Waals surface area contributed by atoms with E-state index in [1.54, 1.807) is 0 Å². The highest BCUT2D eigenvalue weighted by molar-refractivity contribution is 8.11. The van der Waals surface area contributed by atoms with Crippen LogP contribution in [0.2, 0.25) is 0 Å². The monoisotopic (exact) mass is 267 g/mol. The number of nitrogens with zero attached hydrogens (tertiary/aromatic N) is 1. The largest absolute Gasteiger partial charge is 0.481 e. The lowest BCUT2D eigenvalue weighted by Crippen LogP contribution is -1.92. The summed E-state index contributed by atoms with van der Waals surface area (Å²) in [5, 5.41) is 16.0. The lowest BCUT2D eigenvalue weighted by molar-refractivity contribution is -0.137. The third-order valence-corrected chi connectivity index (χ3v) is 2.19. The molecule has 0 radical (unpaired) electrons. The molecule has 0 atom stereocenters. The number of carboxylic acid groups (broad SMARTS) is 1. The topological polar surface area (TPSA) is 61.1 Å². The first-order valence-electron chi connectivity index (χ1n) is 4.95. The molecule has 0 spiro atoms. The number of nitriles is 1. The molecular formula is C12H13NO2S2. The lowest BCUT2D eigenvalue weighted by atomic mass is 10.2. The number of aliphatic carboxylic acids is 1. The standard InChI is InChI=1S/C7H6S2.C5H7NO2/c8-7(9)6-4-2-1-3-5-6;6-4-2-1-3-5(7)8/h1-5H,(H,8,9);1-3H2,(H,7,8). The first-order valence-corrected chi connectivity index (χ1v) is 5.80. The van der Waals surface area contributed by atoms with Gasteiger partial charge < -0.3 is 5.11 Å². The van der Waals surface area contributed by atoms with E-state index in [4.69, 9.17) is 22.6 Å². The van der Waals surface area contributed by atoms with Gasteiger partial charge in [0.1, 0.15) is 0 Å². The summed E-state index contributed by atoms with van der Waals surface area (Å²) in [6.45, 7) is 0. The zero-order valence-electron chi connectivity index (χ0n) is 9.17. The Balaban J connectivity index is 0.000000304. The average Bonchev–Trinajstić information content (AvgIpc) is 2.31. The van der Waals surface area contributed by atoms with E-state index >= 15 is 0 Å². The van der Waals surface area contributed by atoms with E-state index < -0.39 is 5.97 Å². The molecule has 0 unspecified atom stereocenters. The Morgan fingerprint density at radius 1 is 1.41 bits per heavy atom. The second kappa shape index (κ2) is 9.82. The molecule has 1 rings (SSSR count). The summed E-state index contributed by atoms with van der Waals surface area (Å²) in [7, 11) is 0. The van der Waals surface area contributed by atoms with Crippen LogP contribution in [-0.4, -0.2) is 15.3 Å². The van der Waals surface area contributed by atoms with E-state index in [0.717, 1.165) is 5.56 Å². The first kappa shape index (κ1) is 15.6. The van der Waals surface area contributed by atoms with Crippen LogP contribution in [0.4, 0.5) is 0 Å². The molecule has 1 aromatic rings. The highest BCUT2D eigenvalue weighted by atomic mass is 32.1. The molecule has 0 aromatic heterocycles. The zero-order valence-corrected chi connectivity index (χ0v) is 10.9. The quantitative estimate of drug-likeness (QED) is 0.500. The summed E-state index contributed by atoms with van der Waals surface area (Å²) in [5.41, 5.74) is 1.01. The smallest absolute Gasteiger partial charge is 0.303 e. The number of unbranched alkanes of at least 4 members (excludes halogenated alkanes) is 1. The van der Waals surface area contributed by atoms with Crippen LogP contribution in [-0.2, 0) is 4.79 Å². The molecule has 3 nitrogen and oxygen atoms in total. The zero-order chi connectivity index (χ0) is 13.1. The predicted molar refractivity (Wildman–Crippen MR) is 74.2 cm³/mol. The molecule has 90 valence electrons. The number of carboxylic acids is 1. The van der Waals surface area contributed by atoms with Crippen LogP contribution in [0.25, 0.3) is 0 Å². The number of thiocarbonyl (C=S) groups is 1. The van der Waals surface area contributed by atoms with Crippen molar-refractivity contribution >= 4 is 35.0 Å². The minimum absolute atomic E-state index is 0.105. The van der Waals surface area contributed by atoms with E-state index in [1.165, 1.54) is 0 Å². The SMILES string of the molecule is N#CCCCC(=O)O.S=C(S)c1ccccc1. The third kappa shape index (κ3) is 9.54. The van der Waals surface area contributed by atoms with Crippen molar-refractivity contribution in [2.75, 3.05) is 0 Å². The molecule has 0 bridgehead atoms. The maximum Gasteiger partial charge on any atom is 0.303 e. The summed E-state index contributed by atoms with van der Waals surface area (Å²) in [5.74, 6) is -0.833. The highest BCUT2D eigenvalue weighted by Gasteiger charge is 1.93. The molecule has 0 aliphatic heterocycles. The minimum atomic E-state index is -0.833. The second-order valence-corrected chi connectivity index (χ2v) is 4.23. The van der Waals surface area contributed by atoms with E-state index in [1.807, 2.05) is 36.4 Å². The Labute approximate surface area is 111 Å². The maximum absolute atomic E-state index is 9.76. The van der Waals surface area contributed by atoms with Crippen molar-refractivity contribution in [2.24, 2.45) is 0 Å². The van der Waals surface area contributed by atoms with Crippen molar-refractivity contribution in [3.63, 3.8) is 0 Å². The molecule has 0 amide bonds. The second-order valence-electron chi connectivity index (χ2n) is 3.08. The molecule has 0 fully saturated rings. The molecule has 0 saturated heterocycles. The molecule has 0 heterocycles. The van der Waals surface area contributed by atoms with Gasteiger partial charge in [-0.15, -0.1) is 12.6 Å². The number of rotatable bonds is 4. The number of benzene rings is 1. The van der Waals surface area contributed by atoms with Crippen LogP contribution in [0.15, 0.2) is 30.3 Å². The molecule has 0 saturated carbocycles. The van der Waals surface area contributed by atoms with Crippen LogP contribution in [0, 0.1) is 11.3 Å². The van der Waals surface area contributed by atoms with E-state index in [2.05, 4.69) is 12.6 Å². The molecule has 5 heteroatoms. The van der Waals surface area contributed by atoms with Crippen molar-refractivity contribution in [1.29, 1.82) is 5.26 Å². The summed E-state index contributed by atoms with van der Waals surface area (Å²) in [6, 6.07) is 11.6. The number of thiol groups is 1.